The van der Waals surface area contributed by atoms with Crippen LogP contribution in [0.25, 0.3) is 0 Å². The summed E-state index contributed by atoms with van der Waals surface area (Å²) in [5.74, 6) is -0.651. The van der Waals surface area contributed by atoms with E-state index in [4.69, 9.17) is 5.11 Å². The third-order valence-corrected chi connectivity index (χ3v) is 4.03. The summed E-state index contributed by atoms with van der Waals surface area (Å²) in [6.45, 7) is 4.74. The van der Waals surface area contributed by atoms with Gasteiger partial charge in [0.15, 0.2) is 0 Å². The first kappa shape index (κ1) is 14.1. The van der Waals surface area contributed by atoms with E-state index in [1.165, 1.54) is 0 Å². The second kappa shape index (κ2) is 6.23. The van der Waals surface area contributed by atoms with Gasteiger partial charge >= 0.3 is 12.0 Å². The lowest BCUT2D eigenvalue weighted by Crippen LogP contribution is -2.53. The smallest absolute Gasteiger partial charge is 0.320 e. The van der Waals surface area contributed by atoms with Crippen LogP contribution in [0.3, 0.4) is 0 Å². The van der Waals surface area contributed by atoms with E-state index in [2.05, 4.69) is 11.9 Å². The Bertz CT molecular complexity index is 340. The molecule has 1 N–H and O–H groups in total. The highest BCUT2D eigenvalue weighted by molar-refractivity contribution is 5.75. The van der Waals surface area contributed by atoms with Gasteiger partial charge in [-0.05, 0) is 25.8 Å². The lowest BCUT2D eigenvalue weighted by molar-refractivity contribution is -0.138. The number of hydrogen-bond donors (Lipinski definition) is 1. The Balaban J connectivity index is 1.86. The third-order valence-electron chi connectivity index (χ3n) is 4.03. The summed E-state index contributed by atoms with van der Waals surface area (Å²) in [4.78, 5) is 29.1. The van der Waals surface area contributed by atoms with Crippen molar-refractivity contribution in [3.63, 3.8) is 0 Å². The van der Waals surface area contributed by atoms with Crippen molar-refractivity contribution < 1.29 is 14.7 Å². The first-order valence-electron chi connectivity index (χ1n) is 7.00. The molecule has 0 spiro atoms. The number of carboxylic acid groups (broad SMARTS) is 1. The van der Waals surface area contributed by atoms with Crippen molar-refractivity contribution in [2.45, 2.75) is 19.3 Å². The minimum Gasteiger partial charge on any atom is -0.481 e. The van der Waals surface area contributed by atoms with Crippen molar-refractivity contribution >= 4 is 12.0 Å². The number of urea groups is 1. The fraction of sp³-hybridized carbons (Fsp3) is 0.846. The zero-order valence-corrected chi connectivity index (χ0v) is 11.5. The summed E-state index contributed by atoms with van der Waals surface area (Å²) in [6, 6.07) is 0.0863. The molecule has 0 aromatic rings. The fourth-order valence-electron chi connectivity index (χ4n) is 2.85. The molecule has 2 rings (SSSR count). The molecule has 0 radical (unpaired) electrons. The minimum atomic E-state index is -0.765. The first-order chi connectivity index (χ1) is 9.06. The van der Waals surface area contributed by atoms with Crippen molar-refractivity contribution in [1.82, 2.24) is 14.7 Å². The number of piperidine rings is 1. The van der Waals surface area contributed by atoms with Gasteiger partial charge in [-0.15, -0.1) is 0 Å². The molecule has 0 saturated carbocycles. The van der Waals surface area contributed by atoms with E-state index in [1.54, 1.807) is 0 Å². The Labute approximate surface area is 114 Å². The van der Waals surface area contributed by atoms with E-state index < -0.39 is 5.97 Å². The van der Waals surface area contributed by atoms with Gasteiger partial charge in [0.2, 0.25) is 0 Å². The number of carbonyl (C=O) groups excluding carboxylic acids is 1. The molecule has 2 fully saturated rings. The molecule has 6 heteroatoms. The largest absolute Gasteiger partial charge is 0.481 e. The van der Waals surface area contributed by atoms with Crippen molar-refractivity contribution in [2.75, 3.05) is 46.3 Å². The average Bonchev–Trinajstić information content (AvgIpc) is 2.38. The van der Waals surface area contributed by atoms with Gasteiger partial charge < -0.3 is 19.8 Å². The van der Waals surface area contributed by atoms with Gasteiger partial charge in [0.1, 0.15) is 0 Å². The highest BCUT2D eigenvalue weighted by atomic mass is 16.4. The van der Waals surface area contributed by atoms with Crippen LogP contribution in [0.4, 0.5) is 4.79 Å². The first-order valence-corrected chi connectivity index (χ1v) is 7.00. The molecule has 2 aliphatic rings. The summed E-state index contributed by atoms with van der Waals surface area (Å²) in [5, 5.41) is 8.85. The highest BCUT2D eigenvalue weighted by Crippen LogP contribution is 2.21. The van der Waals surface area contributed by atoms with Gasteiger partial charge in [0, 0.05) is 45.7 Å². The van der Waals surface area contributed by atoms with Gasteiger partial charge in [0.25, 0.3) is 0 Å². The molecule has 0 aliphatic carbocycles. The second-order valence-corrected chi connectivity index (χ2v) is 5.63. The number of amides is 2. The number of likely N-dealkylation sites (N-methyl/N-ethyl adjacent to an activating group) is 1. The fourth-order valence-corrected chi connectivity index (χ4v) is 2.85. The monoisotopic (exact) mass is 269 g/mol. The van der Waals surface area contributed by atoms with Crippen LogP contribution < -0.4 is 0 Å². The Kier molecular flexibility index (Phi) is 4.63. The predicted molar refractivity (Wildman–Crippen MR) is 71.0 cm³/mol. The average molecular weight is 269 g/mol. The third kappa shape index (κ3) is 3.83. The van der Waals surface area contributed by atoms with E-state index >= 15 is 0 Å². The maximum atomic E-state index is 12.4. The standard InChI is InChI=1S/C13H23N3O3/c1-14-5-7-15(8-6-14)13(19)16-4-2-3-11(10-16)9-12(17)18/h11H,2-10H2,1H3,(H,17,18). The van der Waals surface area contributed by atoms with Crippen LogP contribution in [0, 0.1) is 5.92 Å². The lowest BCUT2D eigenvalue weighted by Gasteiger charge is -2.39. The zero-order chi connectivity index (χ0) is 13.8. The molecule has 6 nitrogen and oxygen atoms in total. The molecule has 0 aromatic carbocycles. The molecule has 19 heavy (non-hydrogen) atoms. The van der Waals surface area contributed by atoms with Gasteiger partial charge in [-0.1, -0.05) is 0 Å². The quantitative estimate of drug-likeness (QED) is 0.794. The topological polar surface area (TPSA) is 64.1 Å². The van der Waals surface area contributed by atoms with Crippen LogP contribution in [0.15, 0.2) is 0 Å². The number of rotatable bonds is 2. The predicted octanol–water partition coefficient (Wildman–Crippen LogP) is 0.540. The maximum Gasteiger partial charge on any atom is 0.320 e. The van der Waals surface area contributed by atoms with Crippen molar-refractivity contribution in [1.29, 1.82) is 0 Å². The van der Waals surface area contributed by atoms with E-state index in [0.717, 1.165) is 45.6 Å². The SMILES string of the molecule is CN1CCN(C(=O)N2CCCC(CC(=O)O)C2)CC1. The van der Waals surface area contributed by atoms with Crippen LogP contribution >= 0.6 is 0 Å². The van der Waals surface area contributed by atoms with Crippen LogP contribution in [0.5, 0.6) is 0 Å². The Morgan fingerprint density at radius 2 is 1.79 bits per heavy atom. The lowest BCUT2D eigenvalue weighted by atomic mass is 9.95. The molecular formula is C13H23N3O3. The number of nitrogens with zero attached hydrogens (tertiary/aromatic N) is 3. The van der Waals surface area contributed by atoms with Crippen molar-refractivity contribution in [2.24, 2.45) is 5.92 Å². The second-order valence-electron chi connectivity index (χ2n) is 5.63. The van der Waals surface area contributed by atoms with Gasteiger partial charge in [-0.25, -0.2) is 4.79 Å². The zero-order valence-electron chi connectivity index (χ0n) is 11.5. The van der Waals surface area contributed by atoms with Crippen LogP contribution in [0.2, 0.25) is 0 Å². The minimum absolute atomic E-state index is 0.0863. The van der Waals surface area contributed by atoms with Crippen molar-refractivity contribution in [3.8, 4) is 0 Å². The molecular weight excluding hydrogens is 246 g/mol. The Morgan fingerprint density at radius 3 is 2.42 bits per heavy atom. The van der Waals surface area contributed by atoms with Gasteiger partial charge in [-0.2, -0.15) is 0 Å². The van der Waals surface area contributed by atoms with Crippen LogP contribution in [-0.4, -0.2) is 78.1 Å². The molecule has 2 amide bonds. The molecule has 2 heterocycles. The highest BCUT2D eigenvalue weighted by Gasteiger charge is 2.29. The van der Waals surface area contributed by atoms with E-state index in [1.807, 2.05) is 9.80 Å². The molecule has 1 atom stereocenters. The van der Waals surface area contributed by atoms with Crippen LogP contribution in [-0.2, 0) is 4.79 Å². The number of hydrogen-bond acceptors (Lipinski definition) is 3. The molecule has 1 unspecified atom stereocenters. The summed E-state index contributed by atoms with van der Waals surface area (Å²) >= 11 is 0. The Hall–Kier alpha value is -1.30. The van der Waals surface area contributed by atoms with Gasteiger partial charge in [0.05, 0.1) is 0 Å². The number of carbonyl (C=O) groups is 2. The number of likely N-dealkylation sites (tertiary alicyclic amines) is 1. The van der Waals surface area contributed by atoms with E-state index in [9.17, 15) is 9.59 Å². The molecule has 2 aliphatic heterocycles. The molecule has 108 valence electrons. The van der Waals surface area contributed by atoms with Crippen LogP contribution in [0.1, 0.15) is 19.3 Å². The molecule has 0 aromatic heterocycles. The molecule has 2 saturated heterocycles. The number of carboxylic acids is 1. The molecule has 0 bridgehead atoms. The normalized spacial score (nSPS) is 25.4. The van der Waals surface area contributed by atoms with E-state index in [0.29, 0.717) is 6.54 Å². The summed E-state index contributed by atoms with van der Waals surface area (Å²) in [5.41, 5.74) is 0. The van der Waals surface area contributed by atoms with Crippen molar-refractivity contribution in [3.05, 3.63) is 0 Å². The van der Waals surface area contributed by atoms with Gasteiger partial charge in [-0.3, -0.25) is 4.79 Å². The summed E-state index contributed by atoms with van der Waals surface area (Å²) in [7, 11) is 2.06. The Morgan fingerprint density at radius 1 is 1.11 bits per heavy atom. The van der Waals surface area contributed by atoms with E-state index in [-0.39, 0.29) is 18.4 Å². The summed E-state index contributed by atoms with van der Waals surface area (Å²) < 4.78 is 0. The number of piperazine rings is 1. The number of aliphatic carboxylic acids is 1. The maximum absolute atomic E-state index is 12.4. The summed E-state index contributed by atoms with van der Waals surface area (Å²) in [6.07, 6.45) is 2.00.